The normalized spacial score (nSPS) is 10.8. The molecule has 0 radical (unpaired) electrons. The highest BCUT2D eigenvalue weighted by Crippen LogP contribution is 2.48. The first-order valence-corrected chi connectivity index (χ1v) is 7.52. The van der Waals surface area contributed by atoms with E-state index < -0.39 is 18.3 Å². The highest BCUT2D eigenvalue weighted by atomic mass is 35.5. The summed E-state index contributed by atoms with van der Waals surface area (Å²) in [5.41, 5.74) is 0.170. The molecule has 2 aromatic rings. The first-order valence-electron chi connectivity index (χ1n) is 5.63. The van der Waals surface area contributed by atoms with Gasteiger partial charge < -0.3 is 5.11 Å². The zero-order valence-corrected chi connectivity index (χ0v) is 14.2. The Kier molecular flexibility index (Phi) is 5.41. The number of carboxylic acids is 1. The van der Waals surface area contributed by atoms with Crippen molar-refractivity contribution in [3.05, 3.63) is 48.8 Å². The predicted molar refractivity (Wildman–Crippen MR) is 86.0 cm³/mol. The van der Waals surface area contributed by atoms with Gasteiger partial charge in [-0.1, -0.05) is 64.1 Å². The Morgan fingerprint density at radius 2 is 1.50 bits per heavy atom. The van der Waals surface area contributed by atoms with Crippen LogP contribution in [0.5, 0.6) is 0 Å². The Bertz CT molecular complexity index is 753. The first kappa shape index (κ1) is 17.6. The van der Waals surface area contributed by atoms with Crippen LogP contribution in [0.3, 0.4) is 0 Å². The van der Waals surface area contributed by atoms with Gasteiger partial charge in [0, 0.05) is 5.56 Å². The van der Waals surface area contributed by atoms with Crippen LogP contribution in [-0.2, 0) is 11.2 Å². The zero-order chi connectivity index (χ0) is 16.6. The molecule has 0 aliphatic rings. The van der Waals surface area contributed by atoms with Crippen molar-refractivity contribution >= 4 is 64.0 Å². The second-order valence-electron chi connectivity index (χ2n) is 4.16. The average molecular weight is 403 g/mol. The number of hydrogen-bond acceptors (Lipinski definition) is 2. The van der Waals surface area contributed by atoms with E-state index in [-0.39, 0.29) is 41.9 Å². The zero-order valence-electron chi connectivity index (χ0n) is 10.4. The van der Waals surface area contributed by atoms with E-state index in [0.717, 1.165) is 6.07 Å². The molecule has 3 nitrogen and oxygen atoms in total. The maximum atomic E-state index is 13.5. The summed E-state index contributed by atoms with van der Waals surface area (Å²) in [6, 6.07) is 2.30. The van der Waals surface area contributed by atoms with E-state index >= 15 is 0 Å². The molecule has 0 aliphatic heterocycles. The topological polar surface area (TPSA) is 50.2 Å². The molecule has 0 aliphatic carbocycles. The molecule has 2 rings (SSSR count). The van der Waals surface area contributed by atoms with Gasteiger partial charge in [0.05, 0.1) is 37.2 Å². The number of rotatable bonds is 3. The van der Waals surface area contributed by atoms with Crippen LogP contribution >= 0.6 is 58.0 Å². The Morgan fingerprint density at radius 1 is 1.00 bits per heavy atom. The summed E-state index contributed by atoms with van der Waals surface area (Å²) in [6.07, 6.45) is -0.410. The monoisotopic (exact) mass is 401 g/mol. The van der Waals surface area contributed by atoms with Gasteiger partial charge >= 0.3 is 5.97 Å². The molecule has 0 saturated heterocycles. The summed E-state index contributed by atoms with van der Waals surface area (Å²) in [4.78, 5) is 14.6. The van der Waals surface area contributed by atoms with Crippen LogP contribution in [0, 0.1) is 5.95 Å². The molecule has 0 saturated carbocycles. The smallest absolute Gasteiger partial charge is 0.307 e. The summed E-state index contributed by atoms with van der Waals surface area (Å²) >= 11 is 30.0. The third-order valence-electron chi connectivity index (χ3n) is 2.73. The maximum Gasteiger partial charge on any atom is 0.307 e. The van der Waals surface area contributed by atoms with Gasteiger partial charge in [-0.2, -0.15) is 4.39 Å². The standard InChI is InChI=1S/C13H5Cl5FNO2/c14-8-7(9(15)11(17)12(18)10(8)16)13-4(3-6(21)22)1-2-5(19)20-13/h1-2H,3H2,(H,21,22). The summed E-state index contributed by atoms with van der Waals surface area (Å²) in [5.74, 6) is -1.97. The van der Waals surface area contributed by atoms with E-state index in [9.17, 15) is 9.18 Å². The van der Waals surface area contributed by atoms with Gasteiger partial charge in [0.1, 0.15) is 0 Å². The van der Waals surface area contributed by atoms with E-state index in [2.05, 4.69) is 4.98 Å². The lowest BCUT2D eigenvalue weighted by molar-refractivity contribution is -0.136. The molecule has 1 aromatic heterocycles. The minimum atomic E-state index is -1.13. The lowest BCUT2D eigenvalue weighted by Gasteiger charge is -2.14. The Balaban J connectivity index is 2.82. The molecule has 0 amide bonds. The molecule has 0 fully saturated rings. The molecule has 0 spiro atoms. The Hall–Kier alpha value is -0.780. The van der Waals surface area contributed by atoms with Crippen LogP contribution in [0.2, 0.25) is 25.1 Å². The van der Waals surface area contributed by atoms with Gasteiger partial charge in [-0.15, -0.1) is 0 Å². The number of carbonyl (C=O) groups is 1. The van der Waals surface area contributed by atoms with Crippen LogP contribution in [0.15, 0.2) is 12.1 Å². The second-order valence-corrected chi connectivity index (χ2v) is 6.05. The molecule has 0 unspecified atom stereocenters. The van der Waals surface area contributed by atoms with Crippen molar-refractivity contribution in [3.63, 3.8) is 0 Å². The fourth-order valence-corrected chi connectivity index (χ4v) is 3.12. The summed E-state index contributed by atoms with van der Waals surface area (Å²) in [7, 11) is 0. The predicted octanol–water partition coefficient (Wildman–Crippen LogP) is 5.78. The fraction of sp³-hybridized carbons (Fsp3) is 0.0769. The Labute approximate surface area is 149 Å². The van der Waals surface area contributed by atoms with Crippen LogP contribution in [0.4, 0.5) is 4.39 Å². The van der Waals surface area contributed by atoms with E-state index in [1.54, 1.807) is 0 Å². The molecule has 22 heavy (non-hydrogen) atoms. The van der Waals surface area contributed by atoms with E-state index in [1.807, 2.05) is 0 Å². The number of aromatic nitrogens is 1. The lowest BCUT2D eigenvalue weighted by Crippen LogP contribution is -2.05. The number of pyridine rings is 1. The molecular weight excluding hydrogens is 398 g/mol. The minimum absolute atomic E-state index is 0.0264. The van der Waals surface area contributed by atoms with Gasteiger partial charge in [-0.05, 0) is 11.6 Å². The van der Waals surface area contributed by atoms with Gasteiger partial charge in [-0.25, -0.2) is 4.98 Å². The van der Waals surface area contributed by atoms with E-state index in [4.69, 9.17) is 63.1 Å². The summed E-state index contributed by atoms with van der Waals surface area (Å²) in [5, 5.41) is 8.53. The number of nitrogens with zero attached hydrogens (tertiary/aromatic N) is 1. The second kappa shape index (κ2) is 6.77. The van der Waals surface area contributed by atoms with Crippen molar-refractivity contribution in [2.45, 2.75) is 6.42 Å². The van der Waals surface area contributed by atoms with Gasteiger partial charge in [0.15, 0.2) is 0 Å². The molecule has 0 bridgehead atoms. The average Bonchev–Trinajstić information content (AvgIpc) is 2.45. The number of carboxylic acid groups (broad SMARTS) is 1. The fourth-order valence-electron chi connectivity index (χ4n) is 1.80. The number of benzene rings is 1. The van der Waals surface area contributed by atoms with Gasteiger partial charge in [0.2, 0.25) is 5.95 Å². The summed E-state index contributed by atoms with van der Waals surface area (Å²) < 4.78 is 13.5. The highest BCUT2D eigenvalue weighted by molar-refractivity contribution is 6.56. The molecular formula is C13H5Cl5FNO2. The molecule has 1 heterocycles. The van der Waals surface area contributed by atoms with Crippen LogP contribution in [0.25, 0.3) is 11.3 Å². The van der Waals surface area contributed by atoms with Crippen LogP contribution in [0.1, 0.15) is 5.56 Å². The van der Waals surface area contributed by atoms with Crippen molar-refractivity contribution < 1.29 is 14.3 Å². The quantitative estimate of drug-likeness (QED) is 0.401. The SMILES string of the molecule is O=C(O)Cc1ccc(F)nc1-c1c(Cl)c(Cl)c(Cl)c(Cl)c1Cl. The van der Waals surface area contributed by atoms with E-state index in [1.165, 1.54) is 6.07 Å². The third kappa shape index (κ3) is 3.26. The van der Waals surface area contributed by atoms with Crippen molar-refractivity contribution in [1.29, 1.82) is 0 Å². The number of halogens is 6. The number of hydrogen-bond donors (Lipinski definition) is 1. The van der Waals surface area contributed by atoms with Gasteiger partial charge in [0.25, 0.3) is 0 Å². The third-order valence-corrected chi connectivity index (χ3v) is 5.01. The number of aliphatic carboxylic acids is 1. The van der Waals surface area contributed by atoms with Crippen LogP contribution in [-0.4, -0.2) is 16.1 Å². The first-order chi connectivity index (χ1) is 10.2. The molecule has 1 aromatic carbocycles. The molecule has 1 N–H and O–H groups in total. The molecule has 9 heteroatoms. The van der Waals surface area contributed by atoms with Gasteiger partial charge in [-0.3, -0.25) is 4.79 Å². The highest BCUT2D eigenvalue weighted by Gasteiger charge is 2.24. The van der Waals surface area contributed by atoms with Crippen molar-refractivity contribution in [2.75, 3.05) is 0 Å². The molecule has 0 atom stereocenters. The summed E-state index contributed by atoms with van der Waals surface area (Å²) in [6.45, 7) is 0. The lowest BCUT2D eigenvalue weighted by atomic mass is 10.0. The minimum Gasteiger partial charge on any atom is -0.481 e. The maximum absolute atomic E-state index is 13.5. The van der Waals surface area contributed by atoms with Crippen molar-refractivity contribution in [1.82, 2.24) is 4.98 Å². The van der Waals surface area contributed by atoms with Crippen LogP contribution < -0.4 is 0 Å². The Morgan fingerprint density at radius 3 is 2.00 bits per heavy atom. The van der Waals surface area contributed by atoms with Crippen molar-refractivity contribution in [2.24, 2.45) is 0 Å². The molecule has 116 valence electrons. The van der Waals surface area contributed by atoms with E-state index in [0.29, 0.717) is 0 Å². The largest absolute Gasteiger partial charge is 0.481 e. The van der Waals surface area contributed by atoms with Crippen molar-refractivity contribution in [3.8, 4) is 11.3 Å².